The predicted octanol–water partition coefficient (Wildman–Crippen LogP) is 2.39. The molecule has 0 aromatic carbocycles. The Morgan fingerprint density at radius 1 is 1.33 bits per heavy atom. The monoisotopic (exact) mass is 289 g/mol. The minimum Gasteiger partial charge on any atom is -0.354 e. The molecule has 1 aliphatic rings. The molecule has 1 aliphatic heterocycles. The summed E-state index contributed by atoms with van der Waals surface area (Å²) in [7, 11) is 0. The van der Waals surface area contributed by atoms with Gasteiger partial charge in [0.25, 0.3) is 0 Å². The average Bonchev–Trinajstić information content (AvgIpc) is 2.53. The highest BCUT2D eigenvalue weighted by Crippen LogP contribution is 2.19. The summed E-state index contributed by atoms with van der Waals surface area (Å²) in [5, 5.41) is 3.09. The number of nitrogens with zero attached hydrogens (tertiary/aromatic N) is 2. The summed E-state index contributed by atoms with van der Waals surface area (Å²) in [4.78, 5) is 18.6. The number of pyridine rings is 1. The normalized spacial score (nSPS) is 16.7. The second-order valence-electron chi connectivity index (χ2n) is 6.50. The van der Waals surface area contributed by atoms with E-state index in [1.165, 1.54) is 19.3 Å². The van der Waals surface area contributed by atoms with E-state index in [2.05, 4.69) is 29.0 Å². The van der Waals surface area contributed by atoms with Crippen molar-refractivity contribution < 1.29 is 4.79 Å². The first-order valence-electron chi connectivity index (χ1n) is 7.98. The van der Waals surface area contributed by atoms with Gasteiger partial charge in [0.15, 0.2) is 0 Å². The molecule has 4 nitrogen and oxygen atoms in total. The maximum Gasteiger partial charge on any atom is 0.220 e. The fourth-order valence-electron chi connectivity index (χ4n) is 2.82. The van der Waals surface area contributed by atoms with Crippen LogP contribution in [-0.4, -0.2) is 41.0 Å². The number of carbonyl (C=O) groups excluding carboxylic acids is 1. The molecule has 0 aliphatic carbocycles. The first-order chi connectivity index (χ1) is 10.1. The predicted molar refractivity (Wildman–Crippen MR) is 85.1 cm³/mol. The van der Waals surface area contributed by atoms with Crippen LogP contribution in [0.1, 0.15) is 45.1 Å². The molecule has 0 bridgehead atoms. The fraction of sp³-hybridized carbons (Fsp3) is 0.647. The van der Waals surface area contributed by atoms with Crippen LogP contribution < -0.4 is 5.32 Å². The van der Waals surface area contributed by atoms with Gasteiger partial charge in [-0.2, -0.15) is 0 Å². The Kier molecular flexibility index (Phi) is 5.74. The SMILES string of the molecule is CC(C)(CNC(=O)CCc1cccnc1)N1CCCCC1. The van der Waals surface area contributed by atoms with Crippen LogP contribution in [0.2, 0.25) is 0 Å². The molecule has 2 rings (SSSR count). The first kappa shape index (κ1) is 16.0. The summed E-state index contributed by atoms with van der Waals surface area (Å²) in [6.45, 7) is 7.47. The van der Waals surface area contributed by atoms with Gasteiger partial charge >= 0.3 is 0 Å². The highest BCUT2D eigenvalue weighted by molar-refractivity contribution is 5.76. The Bertz CT molecular complexity index is 439. The summed E-state index contributed by atoms with van der Waals surface area (Å²) < 4.78 is 0. The summed E-state index contributed by atoms with van der Waals surface area (Å²) in [6.07, 6.45) is 8.75. The van der Waals surface area contributed by atoms with Crippen molar-refractivity contribution in [2.24, 2.45) is 0 Å². The van der Waals surface area contributed by atoms with Crippen molar-refractivity contribution in [2.75, 3.05) is 19.6 Å². The molecular weight excluding hydrogens is 262 g/mol. The summed E-state index contributed by atoms with van der Waals surface area (Å²) in [5.74, 6) is 0.129. The number of aromatic nitrogens is 1. The molecule has 1 amide bonds. The molecule has 4 heteroatoms. The Morgan fingerprint density at radius 3 is 2.76 bits per heavy atom. The highest BCUT2D eigenvalue weighted by atomic mass is 16.1. The topological polar surface area (TPSA) is 45.2 Å². The van der Waals surface area contributed by atoms with Crippen LogP contribution in [0.3, 0.4) is 0 Å². The lowest BCUT2D eigenvalue weighted by Gasteiger charge is -2.41. The smallest absolute Gasteiger partial charge is 0.220 e. The molecule has 1 fully saturated rings. The van der Waals surface area contributed by atoms with Crippen LogP contribution in [0.25, 0.3) is 0 Å². The number of hydrogen-bond acceptors (Lipinski definition) is 3. The number of likely N-dealkylation sites (tertiary alicyclic amines) is 1. The quantitative estimate of drug-likeness (QED) is 0.874. The van der Waals surface area contributed by atoms with Gasteiger partial charge in [0, 0.05) is 30.9 Å². The molecule has 1 saturated heterocycles. The van der Waals surface area contributed by atoms with Crippen molar-refractivity contribution in [2.45, 2.75) is 51.5 Å². The standard InChI is InChI=1S/C17H27N3O/c1-17(2,20-11-4-3-5-12-20)14-19-16(21)9-8-15-7-6-10-18-13-15/h6-7,10,13H,3-5,8-9,11-12,14H2,1-2H3,(H,19,21). The van der Waals surface area contributed by atoms with E-state index in [1.54, 1.807) is 6.20 Å². The van der Waals surface area contributed by atoms with E-state index < -0.39 is 0 Å². The van der Waals surface area contributed by atoms with Crippen LogP contribution in [0, 0.1) is 0 Å². The molecular formula is C17H27N3O. The molecule has 1 aromatic heterocycles. The number of amides is 1. The lowest BCUT2D eigenvalue weighted by molar-refractivity contribution is -0.121. The number of aryl methyl sites for hydroxylation is 1. The lowest BCUT2D eigenvalue weighted by Crippen LogP contribution is -2.53. The van der Waals surface area contributed by atoms with Gasteiger partial charge in [-0.3, -0.25) is 14.7 Å². The van der Waals surface area contributed by atoms with Gasteiger partial charge in [-0.15, -0.1) is 0 Å². The van der Waals surface area contributed by atoms with E-state index in [0.29, 0.717) is 6.42 Å². The zero-order valence-corrected chi connectivity index (χ0v) is 13.3. The zero-order chi connectivity index (χ0) is 15.1. The van der Waals surface area contributed by atoms with Gasteiger partial charge in [-0.05, 0) is 57.8 Å². The molecule has 0 unspecified atom stereocenters. The third-order valence-corrected chi connectivity index (χ3v) is 4.29. The Labute approximate surface area is 127 Å². The van der Waals surface area contributed by atoms with Crippen LogP contribution in [0.15, 0.2) is 24.5 Å². The van der Waals surface area contributed by atoms with Crippen molar-refractivity contribution in [3.63, 3.8) is 0 Å². The van der Waals surface area contributed by atoms with Crippen molar-refractivity contribution in [3.8, 4) is 0 Å². The van der Waals surface area contributed by atoms with Crippen LogP contribution >= 0.6 is 0 Å². The Hall–Kier alpha value is -1.42. The minimum atomic E-state index is 0.0460. The molecule has 0 radical (unpaired) electrons. The molecule has 0 spiro atoms. The van der Waals surface area contributed by atoms with E-state index in [0.717, 1.165) is 31.6 Å². The third-order valence-electron chi connectivity index (χ3n) is 4.29. The average molecular weight is 289 g/mol. The maximum atomic E-state index is 12.0. The molecule has 1 N–H and O–H groups in total. The molecule has 2 heterocycles. The van der Waals surface area contributed by atoms with E-state index in [1.807, 2.05) is 18.3 Å². The number of carbonyl (C=O) groups is 1. The number of piperidine rings is 1. The van der Waals surface area contributed by atoms with Gasteiger partial charge in [0.1, 0.15) is 0 Å². The van der Waals surface area contributed by atoms with Gasteiger partial charge in [-0.25, -0.2) is 0 Å². The van der Waals surface area contributed by atoms with E-state index >= 15 is 0 Å². The van der Waals surface area contributed by atoms with Crippen LogP contribution in [0.4, 0.5) is 0 Å². The third kappa shape index (κ3) is 5.12. The highest BCUT2D eigenvalue weighted by Gasteiger charge is 2.28. The van der Waals surface area contributed by atoms with E-state index in [-0.39, 0.29) is 11.4 Å². The second-order valence-corrected chi connectivity index (χ2v) is 6.50. The molecule has 21 heavy (non-hydrogen) atoms. The minimum absolute atomic E-state index is 0.0460. The van der Waals surface area contributed by atoms with E-state index in [9.17, 15) is 4.79 Å². The van der Waals surface area contributed by atoms with Gasteiger partial charge in [-0.1, -0.05) is 12.5 Å². The summed E-state index contributed by atoms with van der Waals surface area (Å²) >= 11 is 0. The summed E-state index contributed by atoms with van der Waals surface area (Å²) in [5.41, 5.74) is 1.16. The zero-order valence-electron chi connectivity index (χ0n) is 13.3. The molecule has 116 valence electrons. The van der Waals surface area contributed by atoms with Crippen LogP contribution in [-0.2, 0) is 11.2 Å². The largest absolute Gasteiger partial charge is 0.354 e. The Balaban J connectivity index is 1.72. The molecule has 0 saturated carbocycles. The van der Waals surface area contributed by atoms with Crippen molar-refractivity contribution in [1.82, 2.24) is 15.2 Å². The van der Waals surface area contributed by atoms with E-state index in [4.69, 9.17) is 0 Å². The number of hydrogen-bond donors (Lipinski definition) is 1. The number of rotatable bonds is 6. The van der Waals surface area contributed by atoms with Crippen molar-refractivity contribution in [3.05, 3.63) is 30.1 Å². The van der Waals surface area contributed by atoms with Crippen molar-refractivity contribution >= 4 is 5.91 Å². The van der Waals surface area contributed by atoms with Gasteiger partial charge in [0.05, 0.1) is 0 Å². The summed E-state index contributed by atoms with van der Waals surface area (Å²) in [6, 6.07) is 3.92. The number of nitrogens with one attached hydrogen (secondary N) is 1. The second kappa shape index (κ2) is 7.55. The molecule has 1 aromatic rings. The Morgan fingerprint density at radius 2 is 2.10 bits per heavy atom. The molecule has 0 atom stereocenters. The first-order valence-corrected chi connectivity index (χ1v) is 7.98. The fourth-order valence-corrected chi connectivity index (χ4v) is 2.82. The maximum absolute atomic E-state index is 12.0. The van der Waals surface area contributed by atoms with Gasteiger partial charge in [0.2, 0.25) is 5.91 Å². The lowest BCUT2D eigenvalue weighted by atomic mass is 9.98. The van der Waals surface area contributed by atoms with Crippen molar-refractivity contribution in [1.29, 1.82) is 0 Å². The van der Waals surface area contributed by atoms with Gasteiger partial charge < -0.3 is 5.32 Å². The van der Waals surface area contributed by atoms with Crippen LogP contribution in [0.5, 0.6) is 0 Å².